The maximum atomic E-state index is 5.48. The molecule has 1 aromatic heterocycles. The molecule has 0 atom stereocenters. The normalized spacial score (nSPS) is 10.8. The van der Waals surface area contributed by atoms with Crippen molar-refractivity contribution < 1.29 is 4.74 Å². The number of nitrogens with two attached hydrogens (primary N) is 1. The van der Waals surface area contributed by atoms with Crippen molar-refractivity contribution in [3.05, 3.63) is 17.5 Å². The molecule has 0 aromatic carbocycles. The molecule has 2 N–H and O–H groups in total. The van der Waals surface area contributed by atoms with Crippen LogP contribution >= 0.6 is 0 Å². The maximum absolute atomic E-state index is 5.48. The van der Waals surface area contributed by atoms with Gasteiger partial charge in [0.25, 0.3) is 0 Å². The quantitative estimate of drug-likeness (QED) is 0.694. The fraction of sp³-hybridized carbons (Fsp3) is 0.700. The molecule has 0 saturated heterocycles. The number of nitrogens with zero attached hydrogens (tertiary/aromatic N) is 2. The molecule has 0 amide bonds. The number of ether oxygens (including phenoxy) is 1. The second kappa shape index (κ2) is 5.78. The first-order valence-electron chi connectivity index (χ1n) is 5.09. The summed E-state index contributed by atoms with van der Waals surface area (Å²) >= 11 is 0. The number of aromatic nitrogens is 2. The Hall–Kier alpha value is -0.870. The zero-order chi connectivity index (χ0) is 10.4. The fourth-order valence-electron chi connectivity index (χ4n) is 1.35. The average molecular weight is 197 g/mol. The highest BCUT2D eigenvalue weighted by molar-refractivity contribution is 5.07. The van der Waals surface area contributed by atoms with Crippen LogP contribution in [0.15, 0.2) is 6.07 Å². The zero-order valence-corrected chi connectivity index (χ0v) is 8.99. The summed E-state index contributed by atoms with van der Waals surface area (Å²) in [6.07, 6.45) is 0.916. The molecule has 1 aromatic rings. The van der Waals surface area contributed by atoms with Crippen molar-refractivity contribution >= 4 is 0 Å². The molecule has 0 aliphatic carbocycles. The third kappa shape index (κ3) is 3.12. The number of hydrogen-bond acceptors (Lipinski definition) is 3. The van der Waals surface area contributed by atoms with E-state index in [4.69, 9.17) is 10.5 Å². The van der Waals surface area contributed by atoms with Gasteiger partial charge in [0.1, 0.15) is 0 Å². The summed E-state index contributed by atoms with van der Waals surface area (Å²) in [7, 11) is 0. The van der Waals surface area contributed by atoms with Gasteiger partial charge in [0.05, 0.1) is 18.0 Å². The van der Waals surface area contributed by atoms with Crippen molar-refractivity contribution in [3.63, 3.8) is 0 Å². The minimum Gasteiger partial charge on any atom is -0.375 e. The molecule has 14 heavy (non-hydrogen) atoms. The summed E-state index contributed by atoms with van der Waals surface area (Å²) in [5, 5.41) is 4.34. The lowest BCUT2D eigenvalue weighted by atomic mass is 10.4. The topological polar surface area (TPSA) is 53.1 Å². The van der Waals surface area contributed by atoms with Gasteiger partial charge in [0.2, 0.25) is 0 Å². The minimum absolute atomic E-state index is 0.634. The molecule has 0 fully saturated rings. The summed E-state index contributed by atoms with van der Waals surface area (Å²) in [4.78, 5) is 0. The van der Waals surface area contributed by atoms with Gasteiger partial charge in [-0.2, -0.15) is 5.10 Å². The van der Waals surface area contributed by atoms with Crippen LogP contribution in [0.5, 0.6) is 0 Å². The van der Waals surface area contributed by atoms with Gasteiger partial charge < -0.3 is 10.5 Å². The highest BCUT2D eigenvalue weighted by Gasteiger charge is 2.03. The van der Waals surface area contributed by atoms with Gasteiger partial charge >= 0.3 is 0 Å². The maximum Gasteiger partial charge on any atom is 0.0884 e. The van der Waals surface area contributed by atoms with Crippen molar-refractivity contribution in [2.24, 2.45) is 5.73 Å². The smallest absolute Gasteiger partial charge is 0.0884 e. The van der Waals surface area contributed by atoms with Crippen molar-refractivity contribution in [3.8, 4) is 0 Å². The lowest BCUT2D eigenvalue weighted by Crippen LogP contribution is -2.07. The van der Waals surface area contributed by atoms with E-state index in [0.717, 1.165) is 31.0 Å². The Morgan fingerprint density at radius 1 is 1.57 bits per heavy atom. The third-order valence-electron chi connectivity index (χ3n) is 2.03. The van der Waals surface area contributed by atoms with Gasteiger partial charge in [-0.05, 0) is 32.9 Å². The molecule has 0 aliphatic rings. The van der Waals surface area contributed by atoms with Gasteiger partial charge in [-0.3, -0.25) is 4.68 Å². The molecule has 0 unspecified atom stereocenters. The third-order valence-corrected chi connectivity index (χ3v) is 2.03. The van der Waals surface area contributed by atoms with E-state index in [-0.39, 0.29) is 0 Å². The van der Waals surface area contributed by atoms with Crippen LogP contribution in [-0.4, -0.2) is 22.9 Å². The van der Waals surface area contributed by atoms with Gasteiger partial charge in [0, 0.05) is 13.2 Å². The summed E-state index contributed by atoms with van der Waals surface area (Å²) in [5.74, 6) is 0. The van der Waals surface area contributed by atoms with E-state index in [1.165, 1.54) is 0 Å². The van der Waals surface area contributed by atoms with Crippen LogP contribution in [0.25, 0.3) is 0 Å². The second-order valence-corrected chi connectivity index (χ2v) is 3.29. The van der Waals surface area contributed by atoms with E-state index < -0.39 is 0 Å². The van der Waals surface area contributed by atoms with Crippen molar-refractivity contribution in [2.45, 2.75) is 33.4 Å². The number of rotatable bonds is 6. The summed E-state index contributed by atoms with van der Waals surface area (Å²) in [6, 6.07) is 2.06. The Morgan fingerprint density at radius 3 is 3.00 bits per heavy atom. The molecule has 80 valence electrons. The predicted molar refractivity (Wildman–Crippen MR) is 56.0 cm³/mol. The van der Waals surface area contributed by atoms with Crippen LogP contribution in [0.4, 0.5) is 0 Å². The Morgan fingerprint density at radius 2 is 2.36 bits per heavy atom. The Bertz CT molecular complexity index is 270. The van der Waals surface area contributed by atoms with E-state index in [2.05, 4.69) is 18.1 Å². The molecule has 4 heteroatoms. The largest absolute Gasteiger partial charge is 0.375 e. The predicted octanol–water partition coefficient (Wildman–Crippen LogP) is 1.08. The standard InChI is InChI=1S/C10H19N3O/c1-3-13-10(7-9(2)12-13)8-14-6-4-5-11/h7H,3-6,8,11H2,1-2H3. The molecule has 1 rings (SSSR count). The zero-order valence-electron chi connectivity index (χ0n) is 8.99. The van der Waals surface area contributed by atoms with Crippen LogP contribution in [-0.2, 0) is 17.9 Å². The van der Waals surface area contributed by atoms with Crippen LogP contribution in [0, 0.1) is 6.92 Å². The number of hydrogen-bond donors (Lipinski definition) is 1. The Kier molecular flexibility index (Phi) is 4.62. The molecule has 0 bridgehead atoms. The van der Waals surface area contributed by atoms with Crippen LogP contribution in [0.3, 0.4) is 0 Å². The molecular formula is C10H19N3O. The van der Waals surface area contributed by atoms with Gasteiger partial charge in [-0.15, -0.1) is 0 Å². The highest BCUT2D eigenvalue weighted by atomic mass is 16.5. The van der Waals surface area contributed by atoms with E-state index in [9.17, 15) is 0 Å². The fourth-order valence-corrected chi connectivity index (χ4v) is 1.35. The highest BCUT2D eigenvalue weighted by Crippen LogP contribution is 2.05. The van der Waals surface area contributed by atoms with Crippen LogP contribution < -0.4 is 5.73 Å². The lowest BCUT2D eigenvalue weighted by Gasteiger charge is -2.05. The van der Waals surface area contributed by atoms with Gasteiger partial charge in [-0.25, -0.2) is 0 Å². The van der Waals surface area contributed by atoms with Crippen molar-refractivity contribution in [1.29, 1.82) is 0 Å². The van der Waals surface area contributed by atoms with Crippen molar-refractivity contribution in [2.75, 3.05) is 13.2 Å². The van der Waals surface area contributed by atoms with Crippen LogP contribution in [0.2, 0.25) is 0 Å². The van der Waals surface area contributed by atoms with E-state index in [1.807, 2.05) is 11.6 Å². The molecule has 0 radical (unpaired) electrons. The van der Waals surface area contributed by atoms with E-state index in [0.29, 0.717) is 13.2 Å². The van der Waals surface area contributed by atoms with Gasteiger partial charge in [-0.1, -0.05) is 0 Å². The first kappa shape index (κ1) is 11.2. The number of aryl methyl sites for hydroxylation is 2. The second-order valence-electron chi connectivity index (χ2n) is 3.29. The van der Waals surface area contributed by atoms with Crippen LogP contribution in [0.1, 0.15) is 24.7 Å². The minimum atomic E-state index is 0.634. The van der Waals surface area contributed by atoms with Crippen molar-refractivity contribution in [1.82, 2.24) is 9.78 Å². The van der Waals surface area contributed by atoms with E-state index in [1.54, 1.807) is 0 Å². The van der Waals surface area contributed by atoms with Gasteiger partial charge in [0.15, 0.2) is 0 Å². The van der Waals surface area contributed by atoms with E-state index >= 15 is 0 Å². The molecule has 4 nitrogen and oxygen atoms in total. The molecule has 0 spiro atoms. The lowest BCUT2D eigenvalue weighted by molar-refractivity contribution is 0.114. The summed E-state index contributed by atoms with van der Waals surface area (Å²) < 4.78 is 7.45. The Balaban J connectivity index is 2.41. The Labute approximate surface area is 85.0 Å². The summed E-state index contributed by atoms with van der Waals surface area (Å²) in [5.41, 5.74) is 7.56. The first-order valence-corrected chi connectivity index (χ1v) is 5.09. The average Bonchev–Trinajstić information content (AvgIpc) is 2.54. The first-order chi connectivity index (χ1) is 6.77. The SMILES string of the molecule is CCn1nc(C)cc1COCCCN. The molecule has 1 heterocycles. The molecule has 0 saturated carbocycles. The molecular weight excluding hydrogens is 178 g/mol. The monoisotopic (exact) mass is 197 g/mol. The molecule has 0 aliphatic heterocycles. The summed E-state index contributed by atoms with van der Waals surface area (Å²) in [6.45, 7) is 7.01.